The molecule has 2 fully saturated rings. The molecule has 0 radical (unpaired) electrons. The highest BCUT2D eigenvalue weighted by atomic mass is 31.2. The fourth-order valence-electron chi connectivity index (χ4n) is 8.84. The summed E-state index contributed by atoms with van der Waals surface area (Å²) in [5.41, 5.74) is -1.20. The number of H-pyrrole nitrogens is 1. The van der Waals surface area contributed by atoms with Crippen LogP contribution in [-0.4, -0.2) is 125 Å². The number of nitrogens with zero attached hydrogens (tertiary/aromatic N) is 3. The molecular formula is C49H81N6O15P. The quantitative estimate of drug-likeness (QED) is 0.0310. The number of aromatic amines is 1. The number of hydrogen-bond acceptors (Lipinski definition) is 17. The number of aromatic nitrogens is 2. The van der Waals surface area contributed by atoms with Crippen LogP contribution in [-0.2, 0) is 61.4 Å². The first kappa shape index (κ1) is 61.0. The van der Waals surface area contributed by atoms with Gasteiger partial charge < -0.3 is 48.1 Å². The number of carbonyl (C=O) groups is 5. The van der Waals surface area contributed by atoms with Gasteiger partial charge in [0.1, 0.15) is 30.9 Å². The van der Waals surface area contributed by atoms with Gasteiger partial charge in [0.2, 0.25) is 11.8 Å². The van der Waals surface area contributed by atoms with E-state index >= 15 is 0 Å². The second-order valence-electron chi connectivity index (χ2n) is 18.6. The zero-order valence-electron chi connectivity index (χ0n) is 43.4. The Bertz CT molecular complexity index is 1950. The third kappa shape index (κ3) is 21.4. The Hall–Kier alpha value is -4.29. The van der Waals surface area contributed by atoms with Crippen LogP contribution in [0.5, 0.6) is 0 Å². The van der Waals surface area contributed by atoms with Gasteiger partial charge in [-0.3, -0.25) is 38.3 Å². The van der Waals surface area contributed by atoms with Crippen molar-refractivity contribution < 1.29 is 61.4 Å². The summed E-state index contributed by atoms with van der Waals surface area (Å²) in [5, 5.41) is 15.1. The normalized spacial score (nSPS) is 23.6. The van der Waals surface area contributed by atoms with Crippen LogP contribution >= 0.6 is 8.53 Å². The highest BCUT2D eigenvalue weighted by Crippen LogP contribution is 2.50. The van der Waals surface area contributed by atoms with E-state index in [0.29, 0.717) is 25.9 Å². The molecule has 1 aromatic heterocycles. The molecule has 0 bridgehead atoms. The Morgan fingerprint density at radius 1 is 0.761 bits per heavy atom. The van der Waals surface area contributed by atoms with Crippen LogP contribution in [0.25, 0.3) is 0 Å². The molecule has 0 spiro atoms. The number of nitriles is 1. The lowest BCUT2D eigenvalue weighted by atomic mass is 9.96. The number of carbonyl (C=O) groups excluding carboxylic acids is 5. The van der Waals surface area contributed by atoms with E-state index in [1.54, 1.807) is 0 Å². The fourth-order valence-corrected chi connectivity index (χ4v) is 10.6. The van der Waals surface area contributed by atoms with Gasteiger partial charge in [0.15, 0.2) is 24.7 Å². The average Bonchev–Trinajstić information content (AvgIpc) is 3.61. The van der Waals surface area contributed by atoms with Crippen LogP contribution in [0.1, 0.15) is 171 Å². The second kappa shape index (κ2) is 32.7. The van der Waals surface area contributed by atoms with Crippen molar-refractivity contribution in [2.45, 2.75) is 232 Å². The van der Waals surface area contributed by atoms with E-state index in [2.05, 4.69) is 26.4 Å². The smallest absolute Gasteiger partial charge is 0.330 e. The lowest BCUT2D eigenvalue weighted by Gasteiger charge is -2.44. The molecule has 3 N–H and O–H groups in total. The van der Waals surface area contributed by atoms with Crippen molar-refractivity contribution in [3.63, 3.8) is 0 Å². The van der Waals surface area contributed by atoms with E-state index in [1.807, 2.05) is 34.6 Å². The zero-order valence-corrected chi connectivity index (χ0v) is 44.2. The van der Waals surface area contributed by atoms with Crippen LogP contribution in [0.15, 0.2) is 21.9 Å². The van der Waals surface area contributed by atoms with Crippen LogP contribution in [0.2, 0.25) is 0 Å². The fraction of sp³-hybridized carbons (Fsp3) is 0.796. The van der Waals surface area contributed by atoms with E-state index in [9.17, 15) is 38.8 Å². The van der Waals surface area contributed by atoms with Gasteiger partial charge in [0.05, 0.1) is 25.2 Å². The Kier molecular flexibility index (Phi) is 28.1. The van der Waals surface area contributed by atoms with Gasteiger partial charge in [0.25, 0.3) is 14.1 Å². The minimum absolute atomic E-state index is 0.0446. The summed E-state index contributed by atoms with van der Waals surface area (Å²) >= 11 is 0. The van der Waals surface area contributed by atoms with E-state index in [4.69, 9.17) is 37.5 Å². The van der Waals surface area contributed by atoms with Gasteiger partial charge in [-0.2, -0.15) is 5.26 Å². The predicted molar refractivity (Wildman–Crippen MR) is 262 cm³/mol. The molecular weight excluding hydrogens is 944 g/mol. The van der Waals surface area contributed by atoms with Crippen molar-refractivity contribution in [1.29, 1.82) is 5.26 Å². The van der Waals surface area contributed by atoms with Crippen LogP contribution in [0, 0.1) is 11.3 Å². The highest BCUT2D eigenvalue weighted by Gasteiger charge is 2.52. The highest BCUT2D eigenvalue weighted by molar-refractivity contribution is 7.44. The van der Waals surface area contributed by atoms with Crippen molar-refractivity contribution in [2.75, 3.05) is 19.8 Å². The van der Waals surface area contributed by atoms with Gasteiger partial charge in [-0.05, 0) is 47.0 Å². The Morgan fingerprint density at radius 2 is 1.34 bits per heavy atom. The van der Waals surface area contributed by atoms with Gasteiger partial charge in [-0.15, -0.1) is 0 Å². The van der Waals surface area contributed by atoms with Gasteiger partial charge in [-0.25, -0.2) is 9.46 Å². The number of amides is 2. The van der Waals surface area contributed by atoms with Crippen molar-refractivity contribution in [3.8, 4) is 6.07 Å². The van der Waals surface area contributed by atoms with E-state index in [1.165, 1.54) is 44.5 Å². The predicted octanol–water partition coefficient (Wildman–Crippen LogP) is 6.12. The first-order chi connectivity index (χ1) is 33.9. The molecule has 22 heteroatoms. The molecule has 71 heavy (non-hydrogen) atoms. The summed E-state index contributed by atoms with van der Waals surface area (Å²) in [6, 6.07) is 1.68. The van der Waals surface area contributed by atoms with Crippen molar-refractivity contribution in [3.05, 3.63) is 33.1 Å². The Balaban J connectivity index is 1.40. The summed E-state index contributed by atoms with van der Waals surface area (Å²) < 4.78 is 51.0. The molecule has 2 saturated heterocycles. The van der Waals surface area contributed by atoms with E-state index < -0.39 is 98.7 Å². The summed E-state index contributed by atoms with van der Waals surface area (Å²) in [4.78, 5) is 88.6. The molecule has 2 aliphatic rings. The molecule has 3 heterocycles. The SMILES string of the molecule is CC[C@H]1O[C@@H](n2ccc(=O)[nH]c2=O)[C@H](NC(=O)CCCCCCCCCCCCCCCOC2OC(COC(C)=O)C(OC(C)=O)C(OC(C)=O)C2NC(C)=O)[C@@H]1OP(OCCC#N)N(C(C)C)C(C)C. The third-order valence-corrected chi connectivity index (χ3v) is 14.1. The maximum absolute atomic E-state index is 13.6. The number of esters is 3. The monoisotopic (exact) mass is 1020 g/mol. The standard InChI is InChI=1S/C49H81N6O15P/c1-10-38-44(70-71(65-30-24-27-50)55(32(2)3)33(4)5)42(47(68-38)54-28-26-41(61)53-49(54)62)52-40(60)25-22-20-18-16-14-12-11-13-15-17-19-21-23-29-63-48-43(51-34(6)56)46(67-37(9)59)45(66-36(8)58)39(69-48)31-64-35(7)57/h26,28,32-33,38-39,42-48H,10-25,29-31H2,1-9H3,(H,51,56)(H,52,60)(H,53,61,62)/t38-,39?,42-,43?,44-,45?,46?,47-,48?,71?/m1/s1. The molecule has 0 aliphatic carbocycles. The van der Waals surface area contributed by atoms with E-state index in [0.717, 1.165) is 70.6 Å². The molecule has 2 aliphatic heterocycles. The minimum Gasteiger partial charge on any atom is -0.463 e. The summed E-state index contributed by atoms with van der Waals surface area (Å²) in [6.07, 6.45) is 8.83. The van der Waals surface area contributed by atoms with Crippen LogP contribution in [0.4, 0.5) is 0 Å². The first-order valence-electron chi connectivity index (χ1n) is 25.4. The Morgan fingerprint density at radius 3 is 1.86 bits per heavy atom. The van der Waals surface area contributed by atoms with Crippen molar-refractivity contribution in [1.82, 2.24) is 24.9 Å². The second-order valence-corrected chi connectivity index (χ2v) is 20.0. The van der Waals surface area contributed by atoms with Crippen molar-refractivity contribution >= 4 is 38.2 Å². The molecule has 2 amide bonds. The van der Waals surface area contributed by atoms with Crippen LogP contribution in [0.3, 0.4) is 0 Å². The lowest BCUT2D eigenvalue weighted by molar-refractivity contribution is -0.277. The van der Waals surface area contributed by atoms with Gasteiger partial charge >= 0.3 is 23.6 Å². The number of nitrogens with one attached hydrogen (secondary N) is 3. The third-order valence-electron chi connectivity index (χ3n) is 12.0. The molecule has 402 valence electrons. The maximum Gasteiger partial charge on any atom is 0.330 e. The molecule has 0 aromatic carbocycles. The van der Waals surface area contributed by atoms with Gasteiger partial charge in [0, 0.05) is 65.1 Å². The van der Waals surface area contributed by atoms with Crippen LogP contribution < -0.4 is 21.9 Å². The topological polar surface area (TPSA) is 265 Å². The lowest BCUT2D eigenvalue weighted by Crippen LogP contribution is -2.66. The molecule has 21 nitrogen and oxygen atoms in total. The van der Waals surface area contributed by atoms with E-state index in [-0.39, 0.29) is 44.0 Å². The Labute approximate surface area is 420 Å². The molecule has 1 aromatic rings. The van der Waals surface area contributed by atoms with Gasteiger partial charge in [-0.1, -0.05) is 77.6 Å². The molecule has 3 rings (SSSR count). The number of rotatable bonds is 33. The zero-order chi connectivity index (χ0) is 52.5. The molecule has 10 atom stereocenters. The number of ether oxygens (including phenoxy) is 6. The molecule has 6 unspecified atom stereocenters. The first-order valence-corrected chi connectivity index (χ1v) is 26.5. The van der Waals surface area contributed by atoms with Crippen molar-refractivity contribution in [2.24, 2.45) is 0 Å². The summed E-state index contributed by atoms with van der Waals surface area (Å²) in [6.45, 7) is 15.2. The maximum atomic E-state index is 13.6. The summed E-state index contributed by atoms with van der Waals surface area (Å²) in [7, 11) is -1.69. The summed E-state index contributed by atoms with van der Waals surface area (Å²) in [5.74, 6) is -2.54. The molecule has 0 saturated carbocycles. The minimum atomic E-state index is -1.69. The number of unbranched alkanes of at least 4 members (excludes halogenated alkanes) is 12. The largest absolute Gasteiger partial charge is 0.463 e. The number of hydrogen-bond donors (Lipinski definition) is 3. The average molecular weight is 1030 g/mol.